The molecule has 8 N–H and O–H groups in total. The molecule has 2 unspecified atom stereocenters. The lowest BCUT2D eigenvalue weighted by molar-refractivity contribution is 0.163. The Bertz CT molecular complexity index is 1410. The van der Waals surface area contributed by atoms with Gasteiger partial charge in [0.1, 0.15) is 5.84 Å². The quantitative estimate of drug-likeness (QED) is 0.225. The van der Waals surface area contributed by atoms with Gasteiger partial charge in [0, 0.05) is 17.7 Å². The molecule has 194 valence electrons. The fraction of sp³-hybridized carbons (Fsp3) is 0.286. The Labute approximate surface area is 217 Å². The van der Waals surface area contributed by atoms with Gasteiger partial charge in [0.05, 0.1) is 4.90 Å². The first-order valence-electron chi connectivity index (χ1n) is 12.3. The van der Waals surface area contributed by atoms with E-state index in [4.69, 9.17) is 22.0 Å². The van der Waals surface area contributed by atoms with Crippen molar-refractivity contribution in [2.45, 2.75) is 42.9 Å². The number of nitrogen functional groups attached to an aromatic ring is 1. The normalized spacial score (nSPS) is 19.8. The van der Waals surface area contributed by atoms with Gasteiger partial charge in [-0.2, -0.15) is 0 Å². The molecule has 1 aliphatic rings. The molecule has 8 nitrogen and oxygen atoms in total. The van der Waals surface area contributed by atoms with Crippen LogP contribution < -0.4 is 21.9 Å². The summed E-state index contributed by atoms with van der Waals surface area (Å²) in [5.74, 6) is 0.290. The van der Waals surface area contributed by atoms with E-state index in [1.165, 1.54) is 6.07 Å². The summed E-state index contributed by atoms with van der Waals surface area (Å²) in [6.45, 7) is 0.461. The van der Waals surface area contributed by atoms with Crippen LogP contribution in [0, 0.1) is 10.8 Å². The molecular formula is C28H33N5O3S. The van der Waals surface area contributed by atoms with Crippen LogP contribution >= 0.6 is 0 Å². The van der Waals surface area contributed by atoms with E-state index in [-0.39, 0.29) is 22.1 Å². The Morgan fingerprint density at radius 2 is 1.76 bits per heavy atom. The number of urea groups is 1. The summed E-state index contributed by atoms with van der Waals surface area (Å²) in [4.78, 5) is 11.7. The van der Waals surface area contributed by atoms with Crippen LogP contribution in [0.5, 0.6) is 0 Å². The molecule has 37 heavy (non-hydrogen) atoms. The monoisotopic (exact) mass is 519 g/mol. The van der Waals surface area contributed by atoms with Crippen molar-refractivity contribution in [3.05, 3.63) is 89.5 Å². The Hall–Kier alpha value is -3.69. The summed E-state index contributed by atoms with van der Waals surface area (Å²) in [6.07, 6.45) is 4.52. The van der Waals surface area contributed by atoms with E-state index >= 15 is 0 Å². The number of rotatable bonds is 8. The maximum Gasteiger partial charge on any atom is 0.312 e. The van der Waals surface area contributed by atoms with Gasteiger partial charge in [-0.05, 0) is 65.8 Å². The number of nitrogens with two attached hydrogens (primary N) is 3. The first kappa shape index (κ1) is 26.4. The van der Waals surface area contributed by atoms with Crippen molar-refractivity contribution >= 4 is 21.9 Å². The Kier molecular flexibility index (Phi) is 7.65. The maximum absolute atomic E-state index is 12.1. The molecule has 1 fully saturated rings. The Morgan fingerprint density at radius 3 is 2.43 bits per heavy atom. The SMILES string of the molecule is N=C(N)c1cccc(CC2(CNC(N)=O)CCCC(c3ccc(-c4ccccc4S(N)(=O)=O)cc3)C2)c1. The number of primary amides is 1. The van der Waals surface area contributed by atoms with E-state index in [0.717, 1.165) is 48.8 Å². The van der Waals surface area contributed by atoms with Crippen LogP contribution in [0.25, 0.3) is 11.1 Å². The molecule has 0 aliphatic heterocycles. The summed E-state index contributed by atoms with van der Waals surface area (Å²) in [5, 5.41) is 16.0. The zero-order chi connectivity index (χ0) is 26.6. The average Bonchev–Trinajstić information content (AvgIpc) is 2.87. The van der Waals surface area contributed by atoms with Crippen LogP contribution in [0.1, 0.15) is 48.3 Å². The molecule has 3 aromatic rings. The predicted octanol–water partition coefficient (Wildman–Crippen LogP) is 3.84. The predicted molar refractivity (Wildman–Crippen MR) is 146 cm³/mol. The minimum atomic E-state index is -3.85. The van der Waals surface area contributed by atoms with Gasteiger partial charge in [-0.3, -0.25) is 5.41 Å². The first-order chi connectivity index (χ1) is 17.6. The van der Waals surface area contributed by atoms with E-state index in [1.54, 1.807) is 18.2 Å². The fourth-order valence-corrected chi connectivity index (χ4v) is 6.32. The van der Waals surface area contributed by atoms with Gasteiger partial charge < -0.3 is 16.8 Å². The number of benzene rings is 3. The zero-order valence-corrected chi connectivity index (χ0v) is 21.4. The molecule has 0 aromatic heterocycles. The molecule has 2 atom stereocenters. The third-order valence-electron chi connectivity index (χ3n) is 7.28. The minimum absolute atomic E-state index is 0.0248. The van der Waals surface area contributed by atoms with Crippen LogP contribution in [0.3, 0.4) is 0 Å². The lowest BCUT2D eigenvalue weighted by Crippen LogP contribution is -2.43. The molecule has 0 saturated heterocycles. The fourth-order valence-electron chi connectivity index (χ4n) is 5.56. The highest BCUT2D eigenvalue weighted by Gasteiger charge is 2.37. The third kappa shape index (κ3) is 6.36. The topological polar surface area (TPSA) is 165 Å². The first-order valence-corrected chi connectivity index (χ1v) is 13.8. The van der Waals surface area contributed by atoms with Crippen molar-refractivity contribution in [1.29, 1.82) is 5.41 Å². The number of carbonyl (C=O) groups excluding carboxylic acids is 1. The second-order valence-corrected chi connectivity index (χ2v) is 11.5. The van der Waals surface area contributed by atoms with Gasteiger partial charge in [0.15, 0.2) is 0 Å². The van der Waals surface area contributed by atoms with Crippen molar-refractivity contribution in [2.24, 2.45) is 22.0 Å². The number of hydrogen-bond donors (Lipinski definition) is 5. The summed E-state index contributed by atoms with van der Waals surface area (Å²) in [5.41, 5.74) is 15.2. The number of amidine groups is 1. The molecule has 0 heterocycles. The van der Waals surface area contributed by atoms with Gasteiger partial charge >= 0.3 is 6.03 Å². The molecule has 0 radical (unpaired) electrons. The van der Waals surface area contributed by atoms with Gasteiger partial charge in [-0.15, -0.1) is 0 Å². The van der Waals surface area contributed by atoms with Crippen molar-refractivity contribution in [1.82, 2.24) is 5.32 Å². The van der Waals surface area contributed by atoms with Crippen LogP contribution in [-0.4, -0.2) is 26.8 Å². The largest absolute Gasteiger partial charge is 0.384 e. The summed E-state index contributed by atoms with van der Waals surface area (Å²) in [7, 11) is -3.85. The standard InChI is InChI=1S/C28H33N5O3S/c29-26(30)22-6-3-5-19(15-22)16-28(18-33-27(31)34)14-4-7-23(17-28)20-10-12-21(13-11-20)24-8-1-2-9-25(24)37(32,35)36/h1-3,5-6,8-13,15,23H,4,7,14,16-18H2,(H3,29,30)(H3,31,33,34)(H2,32,35,36). The number of hydrogen-bond acceptors (Lipinski definition) is 4. The lowest BCUT2D eigenvalue weighted by Gasteiger charge is -2.41. The summed E-state index contributed by atoms with van der Waals surface area (Å²) in [6, 6.07) is 21.8. The number of nitrogens with one attached hydrogen (secondary N) is 2. The van der Waals surface area contributed by atoms with Gasteiger partial charge in [-0.1, -0.05) is 67.1 Å². The molecule has 0 spiro atoms. The van der Waals surface area contributed by atoms with E-state index in [0.29, 0.717) is 17.7 Å². The highest BCUT2D eigenvalue weighted by atomic mass is 32.2. The van der Waals surface area contributed by atoms with Crippen molar-refractivity contribution < 1.29 is 13.2 Å². The van der Waals surface area contributed by atoms with Gasteiger partial charge in [0.2, 0.25) is 10.0 Å². The second kappa shape index (κ2) is 10.7. The summed E-state index contributed by atoms with van der Waals surface area (Å²) < 4.78 is 24.1. The van der Waals surface area contributed by atoms with E-state index in [1.807, 2.05) is 48.5 Å². The molecule has 1 aliphatic carbocycles. The highest BCUT2D eigenvalue weighted by Crippen LogP contribution is 2.46. The number of sulfonamides is 1. The van der Waals surface area contributed by atoms with Gasteiger partial charge in [-0.25, -0.2) is 18.4 Å². The molecule has 2 amide bonds. The van der Waals surface area contributed by atoms with Crippen molar-refractivity contribution in [2.75, 3.05) is 6.54 Å². The number of carbonyl (C=O) groups is 1. The molecule has 3 aromatic carbocycles. The lowest BCUT2D eigenvalue weighted by atomic mass is 9.65. The molecular weight excluding hydrogens is 486 g/mol. The Balaban J connectivity index is 1.61. The van der Waals surface area contributed by atoms with Crippen LogP contribution in [0.15, 0.2) is 77.7 Å². The van der Waals surface area contributed by atoms with E-state index < -0.39 is 16.1 Å². The zero-order valence-electron chi connectivity index (χ0n) is 20.6. The molecule has 9 heteroatoms. The smallest absolute Gasteiger partial charge is 0.312 e. The number of amides is 2. The highest BCUT2D eigenvalue weighted by molar-refractivity contribution is 7.89. The molecule has 1 saturated carbocycles. The van der Waals surface area contributed by atoms with E-state index in [9.17, 15) is 13.2 Å². The molecule has 0 bridgehead atoms. The average molecular weight is 520 g/mol. The van der Waals surface area contributed by atoms with E-state index in [2.05, 4.69) is 5.32 Å². The van der Waals surface area contributed by atoms with Crippen LogP contribution in [0.4, 0.5) is 4.79 Å². The number of primary sulfonamides is 1. The maximum atomic E-state index is 12.1. The molecule has 4 rings (SSSR count). The van der Waals surface area contributed by atoms with Crippen molar-refractivity contribution in [3.8, 4) is 11.1 Å². The second-order valence-electron chi connectivity index (χ2n) is 9.97. The van der Waals surface area contributed by atoms with Crippen molar-refractivity contribution in [3.63, 3.8) is 0 Å². The minimum Gasteiger partial charge on any atom is -0.384 e. The Morgan fingerprint density at radius 1 is 1.03 bits per heavy atom. The van der Waals surface area contributed by atoms with Gasteiger partial charge in [0.25, 0.3) is 0 Å². The van der Waals surface area contributed by atoms with Crippen LogP contribution in [-0.2, 0) is 16.4 Å². The summed E-state index contributed by atoms with van der Waals surface area (Å²) >= 11 is 0. The third-order valence-corrected chi connectivity index (χ3v) is 8.25. The van der Waals surface area contributed by atoms with Crippen LogP contribution in [0.2, 0.25) is 0 Å².